The third-order valence-corrected chi connectivity index (χ3v) is 16.6. The second-order valence-electron chi connectivity index (χ2n) is 21.8. The number of aromatic nitrogens is 1. The van der Waals surface area contributed by atoms with E-state index in [-0.39, 0.29) is 46.2 Å². The number of hydrogen-bond acceptors (Lipinski definition) is 4. The van der Waals surface area contributed by atoms with E-state index < -0.39 is 5.41 Å². The average molecular weight is 1270 g/mol. The number of unbranched alkanes of at least 4 members (excludes halogenated alkanes) is 10. The topological polar surface area (TPSA) is 58.9 Å². The molecule has 1 aromatic heterocycles. The van der Waals surface area contributed by atoms with Gasteiger partial charge in [-0.3, -0.25) is 4.79 Å². The Hall–Kier alpha value is -7.78. The van der Waals surface area contributed by atoms with Crippen LogP contribution in [-0.4, -0.2) is 19.0 Å². The molecule has 0 bridgehead atoms. The van der Waals surface area contributed by atoms with Crippen molar-refractivity contribution in [3.63, 3.8) is 0 Å². The molecule has 2 aliphatic rings. The van der Waals surface area contributed by atoms with Gasteiger partial charge >= 0.3 is 20.1 Å². The Labute approximate surface area is 509 Å². The molecule has 83 heavy (non-hydrogen) atoms. The molecule has 1 heterocycles. The van der Waals surface area contributed by atoms with Crippen molar-refractivity contribution in [2.24, 2.45) is 0 Å². The van der Waals surface area contributed by atoms with Crippen LogP contribution in [-0.2, 0) is 30.9 Å². The van der Waals surface area contributed by atoms with Gasteiger partial charge in [-0.1, -0.05) is 205 Å². The van der Waals surface area contributed by atoms with Crippen LogP contribution in [0.15, 0.2) is 164 Å². The molecule has 0 aliphatic heterocycles. The number of terminal acetylenes is 1. The molecule has 2 aliphatic carbocycles. The van der Waals surface area contributed by atoms with Gasteiger partial charge in [0.2, 0.25) is 0 Å². The van der Waals surface area contributed by atoms with Crippen molar-refractivity contribution in [2.75, 3.05) is 13.2 Å². The monoisotopic (exact) mass is 1270 g/mol. The summed E-state index contributed by atoms with van der Waals surface area (Å²) in [4.78, 5) is 16.9. The second-order valence-corrected chi connectivity index (χ2v) is 21.8. The van der Waals surface area contributed by atoms with Gasteiger partial charge in [0.1, 0.15) is 36.6 Å². The Kier molecular flexibility index (Phi) is 22.3. The first-order valence-electron chi connectivity index (χ1n) is 29.1. The fourth-order valence-corrected chi connectivity index (χ4v) is 12.6. The number of fused-ring (bicyclic) bond motifs is 6. The first-order chi connectivity index (χ1) is 39.3. The number of ketones is 1. The first kappa shape index (κ1) is 62.8. The molecule has 0 N–H and O–H groups in total. The van der Waals surface area contributed by atoms with Gasteiger partial charge in [-0.05, 0) is 166 Å². The summed E-state index contributed by atoms with van der Waals surface area (Å²) in [6.07, 6.45) is 27.4. The smallest absolute Gasteiger partial charge is 0.661 e. The summed E-state index contributed by atoms with van der Waals surface area (Å²) < 4.78 is 18.3. The minimum absolute atomic E-state index is 0. The third-order valence-electron chi connectivity index (χ3n) is 16.6. The minimum Gasteiger partial charge on any atom is -0.661 e. The van der Waals surface area contributed by atoms with Gasteiger partial charge in [0.25, 0.3) is 0 Å². The zero-order chi connectivity index (χ0) is 55.3. The molecule has 5 nitrogen and oxygen atoms in total. The minimum atomic E-state index is -0.715. The van der Waals surface area contributed by atoms with Gasteiger partial charge in [-0.25, -0.2) is 0 Å². The van der Waals surface area contributed by atoms with Crippen LogP contribution >= 0.6 is 0 Å². The summed E-state index contributed by atoms with van der Waals surface area (Å²) in [5.41, 5.74) is 18.2. The van der Waals surface area contributed by atoms with E-state index in [1.807, 2.05) is 24.3 Å². The molecule has 6 heteroatoms. The maximum absolute atomic E-state index is 12.8. The molecule has 0 saturated heterocycles. The molecule has 0 radical (unpaired) electrons. The molecule has 424 valence electrons. The number of rotatable bonds is 25. The summed E-state index contributed by atoms with van der Waals surface area (Å²) in [6.45, 7) is 9.73. The van der Waals surface area contributed by atoms with Crippen molar-refractivity contribution in [1.82, 2.24) is 4.98 Å². The summed E-state index contributed by atoms with van der Waals surface area (Å²) in [6, 6.07) is 56.3. The van der Waals surface area contributed by atoms with Gasteiger partial charge < -0.3 is 34.0 Å². The summed E-state index contributed by atoms with van der Waals surface area (Å²) in [5.74, 6) is 12.0. The molecule has 0 spiro atoms. The fourth-order valence-electron chi connectivity index (χ4n) is 12.6. The van der Waals surface area contributed by atoms with E-state index in [0.29, 0.717) is 36.0 Å². The van der Waals surface area contributed by atoms with Crippen LogP contribution in [0.5, 0.6) is 17.2 Å². The van der Waals surface area contributed by atoms with Crippen LogP contribution in [0.25, 0.3) is 33.4 Å². The van der Waals surface area contributed by atoms with Crippen LogP contribution < -0.4 is 19.2 Å². The van der Waals surface area contributed by atoms with E-state index in [1.165, 1.54) is 157 Å². The molecule has 8 aromatic rings. The largest absolute Gasteiger partial charge is 3.00 e. The van der Waals surface area contributed by atoms with E-state index in [9.17, 15) is 4.79 Å². The summed E-state index contributed by atoms with van der Waals surface area (Å²) in [7, 11) is 0. The van der Waals surface area contributed by atoms with Crippen LogP contribution in [0.4, 0.5) is 0 Å². The molecule has 1 atom stereocenters. The Balaban J connectivity index is 0.00000330. The quantitative estimate of drug-likeness (QED) is 0.0247. The number of carbonyl (C=O) groups is 1. The number of hydrogen-bond donors (Lipinski definition) is 0. The maximum atomic E-state index is 12.8. The normalized spacial score (nSPS) is 13.5. The van der Waals surface area contributed by atoms with Crippen molar-refractivity contribution in [3.05, 3.63) is 235 Å². The molecule has 7 aromatic carbocycles. The van der Waals surface area contributed by atoms with Gasteiger partial charge in [0.05, 0.1) is 5.41 Å². The standard InChI is InChI=1S/C75H73NO4.2CH3.Ir/c1-6-9-12-15-17-19-44-74(45-20-18-16-13-10-7-2)68-50-54(4)24-40-64(68)65-42-28-57(52-69(65)74)58-29-43-67-66-41-25-55(5)51-70(66)75(71(67)53-58,59-30-36-62(37-31-59)78-47-21-14-11-8-3)60-32-38-63(39-33-60)80-49-48-79-61-34-26-56(27-35-61)73(77)72-23-22-46-76-72;;;/h3,22-43,46,50-53H,6-7,9-10,12-13,15-20,44-45,48-49H2,1-2,4-5H3,(H,76,77);2*1H3;/q;2*-1;+3/p-1. The molecular weight excluding hydrogens is 1200 g/mol. The van der Waals surface area contributed by atoms with Crippen molar-refractivity contribution in [3.8, 4) is 86.8 Å². The Morgan fingerprint density at radius 2 is 0.964 bits per heavy atom. The fraction of sp³-hybridized carbons (Fsp3) is 0.286. The predicted octanol–water partition coefficient (Wildman–Crippen LogP) is 18.6. The maximum Gasteiger partial charge on any atom is 3.00 e. The number of benzene rings is 7. The molecule has 0 saturated carbocycles. The van der Waals surface area contributed by atoms with E-state index in [0.717, 1.165) is 16.9 Å². The van der Waals surface area contributed by atoms with Crippen LogP contribution in [0.3, 0.4) is 0 Å². The van der Waals surface area contributed by atoms with Gasteiger partial charge in [0.15, 0.2) is 5.78 Å². The van der Waals surface area contributed by atoms with E-state index >= 15 is 0 Å². The van der Waals surface area contributed by atoms with Crippen LogP contribution in [0.1, 0.15) is 164 Å². The molecule has 1 unspecified atom stereocenters. The zero-order valence-electron chi connectivity index (χ0n) is 49.4. The number of carbonyl (C=O) groups excluding carboxylic acids is 1. The number of ether oxygens (including phenoxy) is 3. The van der Waals surface area contributed by atoms with Crippen molar-refractivity contribution in [1.29, 1.82) is 0 Å². The molecular formula is C77H78IrNO4. The molecule has 0 amide bonds. The van der Waals surface area contributed by atoms with E-state index in [2.05, 4.69) is 172 Å². The Morgan fingerprint density at radius 1 is 0.506 bits per heavy atom. The summed E-state index contributed by atoms with van der Waals surface area (Å²) in [5, 5.41) is 0. The average Bonchev–Trinajstić information content (AvgIpc) is 1.75. The van der Waals surface area contributed by atoms with Crippen LogP contribution in [0, 0.1) is 64.9 Å². The van der Waals surface area contributed by atoms with Gasteiger partial charge in [-0.2, -0.15) is 6.20 Å². The predicted molar refractivity (Wildman–Crippen MR) is 339 cm³/mol. The van der Waals surface area contributed by atoms with E-state index in [1.54, 1.807) is 30.5 Å². The van der Waals surface area contributed by atoms with Gasteiger partial charge in [-0.15, -0.1) is 6.42 Å². The van der Waals surface area contributed by atoms with Crippen molar-refractivity contribution >= 4 is 5.78 Å². The Bertz CT molecular complexity index is 3600. The molecule has 0 fully saturated rings. The van der Waals surface area contributed by atoms with Crippen LogP contribution in [0.2, 0.25) is 0 Å². The summed E-state index contributed by atoms with van der Waals surface area (Å²) >= 11 is 0. The number of aryl methyl sites for hydroxylation is 2. The SMILES string of the molecule is C#CC#CC#COc1ccc(C2(c3ccc(OCCOc4ccc(C(=O)c5ccc[n-]5)cc4)cc3)c3cc(C)ccc3-c3ccc(-c4ccc5c(c4)C(CCCCCCCC)(CCCCCCCC)c4cc(C)ccc4-5)cc32)cc1.[CH3-].[CH3-].[Ir+3]. The second kappa shape index (κ2) is 29.5. The Morgan fingerprint density at radius 3 is 1.49 bits per heavy atom. The zero-order valence-corrected chi connectivity index (χ0v) is 51.8. The number of nitrogens with zero attached hydrogens (tertiary/aromatic N) is 1. The van der Waals surface area contributed by atoms with Gasteiger partial charge in [0, 0.05) is 22.8 Å². The first-order valence-corrected chi connectivity index (χ1v) is 29.1. The van der Waals surface area contributed by atoms with E-state index in [4.69, 9.17) is 20.6 Å². The third kappa shape index (κ3) is 13.5. The molecule has 10 rings (SSSR count). The van der Waals surface area contributed by atoms with Crippen molar-refractivity contribution in [2.45, 2.75) is 128 Å². The van der Waals surface area contributed by atoms with Crippen molar-refractivity contribution < 1.29 is 39.1 Å².